The Balaban J connectivity index is 1.28. The average molecular weight is 514 g/mol. The van der Waals surface area contributed by atoms with Crippen LogP contribution < -0.4 is 10.6 Å². The van der Waals surface area contributed by atoms with Gasteiger partial charge in [-0.2, -0.15) is 0 Å². The lowest BCUT2D eigenvalue weighted by Crippen LogP contribution is -2.56. The SMILES string of the molecule is CC(=O)Nc1cccc(CNC(=O)c2ccc3n2CCN(Cc2ccc(C(=O)N(C)C)cc2)C32CCC2)c1. The van der Waals surface area contributed by atoms with E-state index < -0.39 is 0 Å². The second-order valence-corrected chi connectivity index (χ2v) is 10.5. The van der Waals surface area contributed by atoms with Crippen LogP contribution in [0.4, 0.5) is 5.69 Å². The van der Waals surface area contributed by atoms with Gasteiger partial charge in [0.2, 0.25) is 5.91 Å². The fraction of sp³-hybridized carbons (Fsp3) is 0.367. The van der Waals surface area contributed by atoms with Crippen LogP contribution in [0.25, 0.3) is 0 Å². The van der Waals surface area contributed by atoms with Gasteiger partial charge < -0.3 is 20.1 Å². The molecule has 38 heavy (non-hydrogen) atoms. The molecule has 2 N–H and O–H groups in total. The van der Waals surface area contributed by atoms with Gasteiger partial charge in [0.05, 0.1) is 5.54 Å². The number of anilines is 1. The van der Waals surface area contributed by atoms with Gasteiger partial charge in [0.25, 0.3) is 11.8 Å². The van der Waals surface area contributed by atoms with Crippen LogP contribution in [0.15, 0.2) is 60.7 Å². The molecule has 1 spiro atoms. The van der Waals surface area contributed by atoms with E-state index in [2.05, 4.69) is 38.3 Å². The largest absolute Gasteiger partial charge is 0.347 e. The highest BCUT2D eigenvalue weighted by atomic mass is 16.2. The van der Waals surface area contributed by atoms with Crippen LogP contribution in [0.3, 0.4) is 0 Å². The second kappa shape index (κ2) is 10.5. The molecule has 198 valence electrons. The van der Waals surface area contributed by atoms with Crippen LogP contribution in [-0.2, 0) is 30.0 Å². The first-order valence-corrected chi connectivity index (χ1v) is 13.2. The normalized spacial score (nSPS) is 15.9. The molecule has 8 heteroatoms. The Hall–Kier alpha value is -3.91. The van der Waals surface area contributed by atoms with Gasteiger partial charge in [-0.25, -0.2) is 0 Å². The summed E-state index contributed by atoms with van der Waals surface area (Å²) < 4.78 is 2.19. The zero-order valence-corrected chi connectivity index (χ0v) is 22.3. The summed E-state index contributed by atoms with van der Waals surface area (Å²) in [6, 6.07) is 19.5. The van der Waals surface area contributed by atoms with Crippen molar-refractivity contribution in [2.45, 2.75) is 51.4 Å². The third-order valence-corrected chi connectivity index (χ3v) is 7.75. The van der Waals surface area contributed by atoms with Crippen LogP contribution in [0.2, 0.25) is 0 Å². The minimum Gasteiger partial charge on any atom is -0.347 e. The Kier molecular flexibility index (Phi) is 7.08. The highest BCUT2D eigenvalue weighted by Crippen LogP contribution is 2.49. The zero-order valence-electron chi connectivity index (χ0n) is 22.3. The molecule has 8 nitrogen and oxygen atoms in total. The van der Waals surface area contributed by atoms with E-state index >= 15 is 0 Å². The summed E-state index contributed by atoms with van der Waals surface area (Å²) >= 11 is 0. The number of nitrogens with zero attached hydrogens (tertiary/aromatic N) is 3. The zero-order chi connectivity index (χ0) is 26.9. The third kappa shape index (κ3) is 4.96. The molecule has 0 radical (unpaired) electrons. The number of nitrogens with one attached hydrogen (secondary N) is 2. The quantitative estimate of drug-likeness (QED) is 0.501. The smallest absolute Gasteiger partial charge is 0.268 e. The molecule has 2 aliphatic rings. The predicted molar refractivity (Wildman–Crippen MR) is 147 cm³/mol. The molecule has 2 aromatic carbocycles. The molecular weight excluding hydrogens is 478 g/mol. The van der Waals surface area contributed by atoms with Crippen molar-refractivity contribution in [2.75, 3.05) is 26.0 Å². The minimum atomic E-state index is -0.124. The van der Waals surface area contributed by atoms with Crippen LogP contribution >= 0.6 is 0 Å². The summed E-state index contributed by atoms with van der Waals surface area (Å²) in [5.74, 6) is -0.208. The lowest BCUT2D eigenvalue weighted by atomic mass is 9.71. The van der Waals surface area contributed by atoms with Crippen LogP contribution in [0.1, 0.15) is 63.9 Å². The standard InChI is InChI=1S/C30H35N5O3/c1-21(36)32-25-7-4-6-23(18-25)19-31-28(37)26-12-13-27-30(14-5-15-30)34(16-17-35(26)27)20-22-8-10-24(11-9-22)29(38)33(2)3/h4,6-13,18H,5,14-17,19-20H2,1-3H3,(H,31,37)(H,32,36). The van der Waals surface area contributed by atoms with Gasteiger partial charge in [0.1, 0.15) is 5.69 Å². The van der Waals surface area contributed by atoms with Gasteiger partial charge in [-0.05, 0) is 66.8 Å². The van der Waals surface area contributed by atoms with E-state index in [-0.39, 0.29) is 23.3 Å². The van der Waals surface area contributed by atoms with Crippen LogP contribution in [0.5, 0.6) is 0 Å². The lowest BCUT2D eigenvalue weighted by Gasteiger charge is -2.53. The van der Waals surface area contributed by atoms with Crippen molar-refractivity contribution >= 4 is 23.4 Å². The maximum absolute atomic E-state index is 13.2. The Morgan fingerprint density at radius 3 is 2.37 bits per heavy atom. The summed E-state index contributed by atoms with van der Waals surface area (Å²) in [5.41, 5.74) is 5.38. The van der Waals surface area contributed by atoms with E-state index in [1.165, 1.54) is 24.6 Å². The van der Waals surface area contributed by atoms with Gasteiger partial charge in [0, 0.05) is 64.1 Å². The van der Waals surface area contributed by atoms with E-state index in [4.69, 9.17) is 0 Å². The Morgan fingerprint density at radius 2 is 1.71 bits per heavy atom. The topological polar surface area (TPSA) is 86.7 Å². The Morgan fingerprint density at radius 1 is 0.947 bits per heavy atom. The van der Waals surface area contributed by atoms with E-state index in [0.717, 1.165) is 43.7 Å². The average Bonchev–Trinajstić information content (AvgIpc) is 3.30. The summed E-state index contributed by atoms with van der Waals surface area (Å²) in [4.78, 5) is 40.9. The number of hydrogen-bond acceptors (Lipinski definition) is 4. The summed E-state index contributed by atoms with van der Waals surface area (Å²) in [7, 11) is 3.53. The fourth-order valence-electron chi connectivity index (χ4n) is 5.69. The summed E-state index contributed by atoms with van der Waals surface area (Å²) in [6.07, 6.45) is 3.32. The molecule has 1 aliphatic carbocycles. The van der Waals surface area contributed by atoms with Gasteiger partial charge >= 0.3 is 0 Å². The molecule has 1 aliphatic heterocycles. The fourth-order valence-corrected chi connectivity index (χ4v) is 5.69. The predicted octanol–water partition coefficient (Wildman–Crippen LogP) is 3.97. The Labute approximate surface area is 223 Å². The molecule has 0 atom stereocenters. The third-order valence-electron chi connectivity index (χ3n) is 7.75. The van der Waals surface area contributed by atoms with Gasteiger partial charge in [-0.1, -0.05) is 24.3 Å². The summed E-state index contributed by atoms with van der Waals surface area (Å²) in [6.45, 7) is 4.29. The Bertz CT molecular complexity index is 1350. The van der Waals surface area contributed by atoms with Gasteiger partial charge in [-0.15, -0.1) is 0 Å². The molecule has 1 saturated carbocycles. The van der Waals surface area contributed by atoms with Crippen LogP contribution in [-0.4, -0.2) is 52.7 Å². The molecule has 0 bridgehead atoms. The first kappa shape index (κ1) is 25.7. The van der Waals surface area contributed by atoms with Crippen molar-refractivity contribution in [1.29, 1.82) is 0 Å². The van der Waals surface area contributed by atoms with E-state index in [9.17, 15) is 14.4 Å². The van der Waals surface area contributed by atoms with Crippen molar-refractivity contribution in [2.24, 2.45) is 0 Å². The van der Waals surface area contributed by atoms with Crippen LogP contribution in [0, 0.1) is 0 Å². The van der Waals surface area contributed by atoms with Crippen molar-refractivity contribution in [3.05, 3.63) is 88.7 Å². The molecule has 5 rings (SSSR count). The molecular formula is C30H35N5O3. The van der Waals surface area contributed by atoms with Gasteiger partial charge in [-0.3, -0.25) is 19.3 Å². The maximum Gasteiger partial charge on any atom is 0.268 e. The summed E-state index contributed by atoms with van der Waals surface area (Å²) in [5, 5.41) is 5.83. The van der Waals surface area contributed by atoms with E-state index in [1.807, 2.05) is 42.5 Å². The number of benzene rings is 2. The number of rotatable bonds is 7. The first-order chi connectivity index (χ1) is 18.3. The monoisotopic (exact) mass is 513 g/mol. The number of amides is 3. The van der Waals surface area contributed by atoms with E-state index in [0.29, 0.717) is 17.8 Å². The molecule has 0 unspecified atom stereocenters. The number of hydrogen-bond donors (Lipinski definition) is 2. The van der Waals surface area contributed by atoms with Gasteiger partial charge in [0.15, 0.2) is 0 Å². The van der Waals surface area contributed by atoms with E-state index in [1.54, 1.807) is 19.0 Å². The molecule has 1 fully saturated rings. The lowest BCUT2D eigenvalue weighted by molar-refractivity contribution is -0.114. The van der Waals surface area contributed by atoms with Crippen molar-refractivity contribution in [3.8, 4) is 0 Å². The number of aromatic nitrogens is 1. The highest BCUT2D eigenvalue weighted by molar-refractivity contribution is 5.94. The number of carbonyl (C=O) groups is 3. The number of fused-ring (bicyclic) bond motifs is 2. The van der Waals surface area contributed by atoms with Crippen molar-refractivity contribution in [1.82, 2.24) is 19.7 Å². The highest BCUT2D eigenvalue weighted by Gasteiger charge is 2.48. The molecule has 3 aromatic rings. The van der Waals surface area contributed by atoms with Crippen molar-refractivity contribution < 1.29 is 14.4 Å². The molecule has 3 amide bonds. The number of carbonyl (C=O) groups excluding carboxylic acids is 3. The minimum absolute atomic E-state index is 0.00838. The molecule has 2 heterocycles. The molecule has 0 saturated heterocycles. The maximum atomic E-state index is 13.2. The van der Waals surface area contributed by atoms with Crippen molar-refractivity contribution in [3.63, 3.8) is 0 Å². The first-order valence-electron chi connectivity index (χ1n) is 13.2. The second-order valence-electron chi connectivity index (χ2n) is 10.5. The molecule has 1 aromatic heterocycles.